The maximum Gasteiger partial charge on any atom is 0.325 e. The molecule has 3 rings (SSSR count). The van der Waals surface area contributed by atoms with Gasteiger partial charge in [0.2, 0.25) is 11.8 Å². The molecule has 1 heterocycles. The minimum Gasteiger partial charge on any atom is -0.468 e. The van der Waals surface area contributed by atoms with Crippen molar-refractivity contribution in [2.24, 2.45) is 5.92 Å². The molecule has 2 aromatic carbocycles. The van der Waals surface area contributed by atoms with E-state index in [2.05, 4.69) is 0 Å². The maximum atomic E-state index is 13.2. The van der Waals surface area contributed by atoms with Crippen LogP contribution in [-0.2, 0) is 32.1 Å². The molecule has 1 aliphatic heterocycles. The third kappa shape index (κ3) is 6.82. The summed E-state index contributed by atoms with van der Waals surface area (Å²) < 4.78 is 4.78. The molecule has 0 N–H and O–H groups in total. The standard InChI is InChI=1S/C25H29ClN2O4/c1-32-24(30)18-28(17-20-7-10-22(26)11-8-20)25(31)21-13-15-27(16-14-21)23(29)12-9-19-5-3-2-4-6-19/h2-8,10-11,21H,9,12-18H2,1H3. The zero-order chi connectivity index (χ0) is 22.9. The number of carbonyl (C=O) groups is 3. The van der Waals surface area contributed by atoms with Gasteiger partial charge in [-0.15, -0.1) is 0 Å². The van der Waals surface area contributed by atoms with Crippen LogP contribution in [0.5, 0.6) is 0 Å². The molecule has 0 radical (unpaired) electrons. The Bertz CT molecular complexity index is 909. The molecule has 0 bridgehead atoms. The molecule has 32 heavy (non-hydrogen) atoms. The van der Waals surface area contributed by atoms with E-state index in [0.717, 1.165) is 11.1 Å². The number of benzene rings is 2. The van der Waals surface area contributed by atoms with E-state index in [9.17, 15) is 14.4 Å². The lowest BCUT2D eigenvalue weighted by Gasteiger charge is -2.34. The number of rotatable bonds is 8. The van der Waals surface area contributed by atoms with Gasteiger partial charge in [0.25, 0.3) is 0 Å². The van der Waals surface area contributed by atoms with Crippen molar-refractivity contribution < 1.29 is 19.1 Å². The summed E-state index contributed by atoms with van der Waals surface area (Å²) in [5, 5.41) is 0.615. The van der Waals surface area contributed by atoms with E-state index in [-0.39, 0.29) is 24.3 Å². The molecule has 0 spiro atoms. The predicted molar refractivity (Wildman–Crippen MR) is 123 cm³/mol. The minimum atomic E-state index is -0.458. The van der Waals surface area contributed by atoms with Gasteiger partial charge in [0, 0.05) is 37.0 Å². The van der Waals surface area contributed by atoms with Crippen LogP contribution >= 0.6 is 11.6 Å². The Morgan fingerprint density at radius 1 is 1.00 bits per heavy atom. The van der Waals surface area contributed by atoms with Crippen LogP contribution in [0.15, 0.2) is 54.6 Å². The Balaban J connectivity index is 1.55. The van der Waals surface area contributed by atoms with Gasteiger partial charge in [-0.1, -0.05) is 54.1 Å². The van der Waals surface area contributed by atoms with Crippen molar-refractivity contribution >= 4 is 29.4 Å². The van der Waals surface area contributed by atoms with Gasteiger partial charge in [0.05, 0.1) is 7.11 Å². The molecule has 0 unspecified atom stereocenters. The van der Waals surface area contributed by atoms with Crippen LogP contribution in [-0.4, -0.2) is 54.3 Å². The summed E-state index contributed by atoms with van der Waals surface area (Å²) in [4.78, 5) is 41.1. The highest BCUT2D eigenvalue weighted by atomic mass is 35.5. The van der Waals surface area contributed by atoms with Crippen molar-refractivity contribution in [1.82, 2.24) is 9.80 Å². The number of carbonyl (C=O) groups excluding carboxylic acids is 3. The number of halogens is 1. The second-order valence-electron chi connectivity index (χ2n) is 8.04. The number of amides is 2. The van der Waals surface area contributed by atoms with Gasteiger partial charge in [0.1, 0.15) is 6.54 Å². The van der Waals surface area contributed by atoms with Crippen LogP contribution in [0.4, 0.5) is 0 Å². The van der Waals surface area contributed by atoms with Crippen LogP contribution in [0.2, 0.25) is 5.02 Å². The number of esters is 1. The van der Waals surface area contributed by atoms with E-state index < -0.39 is 5.97 Å². The van der Waals surface area contributed by atoms with Crippen molar-refractivity contribution in [1.29, 1.82) is 0 Å². The number of methoxy groups -OCH3 is 1. The fourth-order valence-electron chi connectivity index (χ4n) is 3.93. The minimum absolute atomic E-state index is 0.0817. The molecule has 0 aliphatic carbocycles. The van der Waals surface area contributed by atoms with Crippen molar-refractivity contribution in [3.63, 3.8) is 0 Å². The summed E-state index contributed by atoms with van der Waals surface area (Å²) in [7, 11) is 1.31. The summed E-state index contributed by atoms with van der Waals surface area (Å²) in [6.45, 7) is 1.31. The van der Waals surface area contributed by atoms with Crippen LogP contribution in [0, 0.1) is 5.92 Å². The monoisotopic (exact) mass is 456 g/mol. The quantitative estimate of drug-likeness (QED) is 0.568. The van der Waals surface area contributed by atoms with Crippen LogP contribution in [0.1, 0.15) is 30.4 Å². The molecule has 0 atom stereocenters. The number of nitrogens with zero attached hydrogens (tertiary/aromatic N) is 2. The van der Waals surface area contributed by atoms with Gasteiger partial charge in [0.15, 0.2) is 0 Å². The third-order valence-corrected chi connectivity index (χ3v) is 6.07. The molecule has 0 saturated carbocycles. The van der Waals surface area contributed by atoms with Gasteiger partial charge in [-0.2, -0.15) is 0 Å². The Morgan fingerprint density at radius 3 is 2.28 bits per heavy atom. The summed E-state index contributed by atoms with van der Waals surface area (Å²) in [6.07, 6.45) is 2.36. The Hall–Kier alpha value is -2.86. The number of hydrogen-bond donors (Lipinski definition) is 0. The molecule has 2 amide bonds. The van der Waals surface area contributed by atoms with E-state index in [4.69, 9.17) is 16.3 Å². The van der Waals surface area contributed by atoms with E-state index in [1.54, 1.807) is 12.1 Å². The maximum absolute atomic E-state index is 13.2. The zero-order valence-electron chi connectivity index (χ0n) is 18.3. The van der Waals surface area contributed by atoms with Crippen LogP contribution < -0.4 is 0 Å². The second-order valence-corrected chi connectivity index (χ2v) is 8.47. The number of likely N-dealkylation sites (tertiary alicyclic amines) is 1. The van der Waals surface area contributed by atoms with E-state index in [0.29, 0.717) is 50.3 Å². The lowest BCUT2D eigenvalue weighted by Crippen LogP contribution is -2.45. The van der Waals surface area contributed by atoms with Crippen molar-refractivity contribution in [3.05, 3.63) is 70.7 Å². The summed E-state index contributed by atoms with van der Waals surface area (Å²) in [6, 6.07) is 17.2. The molecular formula is C25H29ClN2O4. The van der Waals surface area contributed by atoms with Gasteiger partial charge in [-0.05, 0) is 42.5 Å². The fourth-order valence-corrected chi connectivity index (χ4v) is 4.06. The van der Waals surface area contributed by atoms with Gasteiger partial charge < -0.3 is 14.5 Å². The number of aryl methyl sites for hydroxylation is 1. The molecule has 170 valence electrons. The summed E-state index contributed by atoms with van der Waals surface area (Å²) >= 11 is 5.95. The SMILES string of the molecule is COC(=O)CN(Cc1ccc(Cl)cc1)C(=O)C1CCN(C(=O)CCc2ccccc2)CC1. The smallest absolute Gasteiger partial charge is 0.325 e. The first-order valence-corrected chi connectivity index (χ1v) is 11.3. The highest BCUT2D eigenvalue weighted by Crippen LogP contribution is 2.22. The highest BCUT2D eigenvalue weighted by Gasteiger charge is 2.31. The third-order valence-electron chi connectivity index (χ3n) is 5.81. The fraction of sp³-hybridized carbons (Fsp3) is 0.400. The van der Waals surface area contributed by atoms with E-state index >= 15 is 0 Å². The molecular weight excluding hydrogens is 428 g/mol. The first kappa shape index (κ1) is 23.8. The normalized spacial score (nSPS) is 14.1. The van der Waals surface area contributed by atoms with Crippen molar-refractivity contribution in [3.8, 4) is 0 Å². The summed E-state index contributed by atoms with van der Waals surface area (Å²) in [5.41, 5.74) is 2.03. The lowest BCUT2D eigenvalue weighted by atomic mass is 9.94. The Labute approximate surface area is 194 Å². The molecule has 6 nitrogen and oxygen atoms in total. The van der Waals surface area contributed by atoms with Gasteiger partial charge >= 0.3 is 5.97 Å². The van der Waals surface area contributed by atoms with Crippen LogP contribution in [0.25, 0.3) is 0 Å². The van der Waals surface area contributed by atoms with Crippen molar-refractivity contribution in [2.45, 2.75) is 32.2 Å². The average molecular weight is 457 g/mol. The number of hydrogen-bond acceptors (Lipinski definition) is 4. The zero-order valence-corrected chi connectivity index (χ0v) is 19.1. The second kappa shape index (κ2) is 11.7. The topological polar surface area (TPSA) is 66.9 Å². The van der Waals surface area contributed by atoms with E-state index in [1.165, 1.54) is 12.0 Å². The Kier molecular flexibility index (Phi) is 8.68. The molecule has 2 aromatic rings. The molecule has 1 aliphatic rings. The van der Waals surface area contributed by atoms with E-state index in [1.807, 2.05) is 47.4 Å². The van der Waals surface area contributed by atoms with Gasteiger partial charge in [-0.25, -0.2) is 0 Å². The number of ether oxygens (including phenoxy) is 1. The highest BCUT2D eigenvalue weighted by molar-refractivity contribution is 6.30. The molecule has 7 heteroatoms. The van der Waals surface area contributed by atoms with Crippen molar-refractivity contribution in [2.75, 3.05) is 26.7 Å². The largest absolute Gasteiger partial charge is 0.468 e. The first-order chi connectivity index (χ1) is 15.5. The average Bonchev–Trinajstić information content (AvgIpc) is 2.83. The Morgan fingerprint density at radius 2 is 1.66 bits per heavy atom. The first-order valence-electron chi connectivity index (χ1n) is 10.9. The molecule has 1 fully saturated rings. The molecule has 0 aromatic heterocycles. The van der Waals surface area contributed by atoms with Crippen LogP contribution in [0.3, 0.4) is 0 Å². The predicted octanol–water partition coefficient (Wildman–Crippen LogP) is 3.71. The lowest BCUT2D eigenvalue weighted by molar-refractivity contribution is -0.150. The van der Waals surface area contributed by atoms with Gasteiger partial charge in [-0.3, -0.25) is 14.4 Å². The summed E-state index contributed by atoms with van der Waals surface area (Å²) in [5.74, 6) is -0.639. The number of piperidine rings is 1. The molecule has 1 saturated heterocycles.